The molecule has 1 unspecified atom stereocenters. The van der Waals surface area contributed by atoms with E-state index in [0.717, 1.165) is 25.9 Å². The molecule has 0 spiro atoms. The van der Waals surface area contributed by atoms with Crippen LogP contribution in [0.1, 0.15) is 29.2 Å². The van der Waals surface area contributed by atoms with Crippen LogP contribution in [0, 0.1) is 12.7 Å². The third-order valence-electron chi connectivity index (χ3n) is 5.57. The molecule has 0 aromatic heterocycles. The minimum atomic E-state index is -3.58. The zero-order valence-corrected chi connectivity index (χ0v) is 15.7. The molecular formula is C20H23FN2O2S. The van der Waals surface area contributed by atoms with E-state index in [1.807, 2.05) is 0 Å². The van der Waals surface area contributed by atoms with Gasteiger partial charge in [-0.05, 0) is 54.7 Å². The quantitative estimate of drug-likeness (QED) is 0.829. The summed E-state index contributed by atoms with van der Waals surface area (Å²) in [5.41, 5.74) is 3.25. The maximum Gasteiger partial charge on any atom is 0.243 e. The van der Waals surface area contributed by atoms with Crippen LogP contribution in [-0.4, -0.2) is 43.8 Å². The van der Waals surface area contributed by atoms with Crippen molar-refractivity contribution < 1.29 is 12.8 Å². The number of hydrogen-bond donors (Lipinski definition) is 0. The maximum atomic E-state index is 13.3. The van der Waals surface area contributed by atoms with Gasteiger partial charge in [0.2, 0.25) is 10.0 Å². The van der Waals surface area contributed by atoms with Crippen LogP contribution in [0.25, 0.3) is 0 Å². The average molecular weight is 374 g/mol. The van der Waals surface area contributed by atoms with Gasteiger partial charge in [-0.3, -0.25) is 4.90 Å². The van der Waals surface area contributed by atoms with Crippen LogP contribution in [0.3, 0.4) is 0 Å². The van der Waals surface area contributed by atoms with Crippen molar-refractivity contribution in [2.45, 2.75) is 30.7 Å². The van der Waals surface area contributed by atoms with Crippen LogP contribution < -0.4 is 0 Å². The van der Waals surface area contributed by atoms with Gasteiger partial charge >= 0.3 is 0 Å². The van der Waals surface area contributed by atoms with Crippen LogP contribution in [-0.2, 0) is 16.4 Å². The molecule has 1 saturated heterocycles. The van der Waals surface area contributed by atoms with Crippen molar-refractivity contribution in [3.8, 4) is 0 Å². The normalized spacial score (nSPS) is 21.7. The molecule has 1 atom stereocenters. The van der Waals surface area contributed by atoms with Crippen LogP contribution in [0.15, 0.2) is 47.4 Å². The van der Waals surface area contributed by atoms with E-state index in [1.54, 1.807) is 6.92 Å². The fourth-order valence-electron chi connectivity index (χ4n) is 4.21. The number of hydrogen-bond acceptors (Lipinski definition) is 3. The number of fused-ring (bicyclic) bond motifs is 1. The summed E-state index contributed by atoms with van der Waals surface area (Å²) in [6.07, 6.45) is 2.19. The van der Waals surface area contributed by atoms with Crippen molar-refractivity contribution in [2.75, 3.05) is 26.2 Å². The van der Waals surface area contributed by atoms with Gasteiger partial charge in [-0.2, -0.15) is 4.31 Å². The molecule has 2 aromatic rings. The molecule has 0 bridgehead atoms. The molecule has 4 rings (SSSR count). The Kier molecular flexibility index (Phi) is 4.59. The third kappa shape index (κ3) is 3.06. The molecule has 0 saturated carbocycles. The van der Waals surface area contributed by atoms with Gasteiger partial charge in [0.15, 0.2) is 0 Å². The highest BCUT2D eigenvalue weighted by Crippen LogP contribution is 2.36. The lowest BCUT2D eigenvalue weighted by molar-refractivity contribution is 0.137. The number of nitrogens with zero attached hydrogens (tertiary/aromatic N) is 2. The highest BCUT2D eigenvalue weighted by atomic mass is 32.2. The molecule has 138 valence electrons. The van der Waals surface area contributed by atoms with Crippen molar-refractivity contribution in [1.82, 2.24) is 9.21 Å². The second-order valence-electron chi connectivity index (χ2n) is 7.10. The predicted octanol–water partition coefficient (Wildman–Crippen LogP) is 3.13. The number of sulfonamides is 1. The first-order chi connectivity index (χ1) is 12.5. The predicted molar refractivity (Wildman–Crippen MR) is 99.0 cm³/mol. The van der Waals surface area contributed by atoms with E-state index in [-0.39, 0.29) is 4.90 Å². The highest BCUT2D eigenvalue weighted by molar-refractivity contribution is 7.89. The Balaban J connectivity index is 1.48. The summed E-state index contributed by atoms with van der Waals surface area (Å²) >= 11 is 0. The molecule has 1 fully saturated rings. The maximum absolute atomic E-state index is 13.3. The Morgan fingerprint density at radius 2 is 1.77 bits per heavy atom. The van der Waals surface area contributed by atoms with Gasteiger partial charge in [-0.15, -0.1) is 0 Å². The fourth-order valence-corrected chi connectivity index (χ4v) is 5.84. The largest absolute Gasteiger partial charge is 0.294 e. The van der Waals surface area contributed by atoms with Crippen LogP contribution in [0.2, 0.25) is 0 Å². The summed E-state index contributed by atoms with van der Waals surface area (Å²) in [5, 5.41) is 0. The lowest BCUT2D eigenvalue weighted by Gasteiger charge is -2.37. The molecule has 2 aliphatic rings. The van der Waals surface area contributed by atoms with Gasteiger partial charge in [0.25, 0.3) is 0 Å². The van der Waals surface area contributed by atoms with Crippen LogP contribution >= 0.6 is 0 Å². The molecule has 2 aromatic carbocycles. The van der Waals surface area contributed by atoms with Crippen LogP contribution in [0.4, 0.5) is 4.39 Å². The minimum Gasteiger partial charge on any atom is -0.294 e. The molecule has 0 N–H and O–H groups in total. The Hall–Kier alpha value is -1.76. The Labute approximate surface area is 154 Å². The van der Waals surface area contributed by atoms with Gasteiger partial charge in [0, 0.05) is 32.2 Å². The Morgan fingerprint density at radius 1 is 1.04 bits per heavy atom. The highest BCUT2D eigenvalue weighted by Gasteiger charge is 2.34. The van der Waals surface area contributed by atoms with Crippen molar-refractivity contribution in [3.63, 3.8) is 0 Å². The number of benzene rings is 2. The van der Waals surface area contributed by atoms with E-state index in [4.69, 9.17) is 0 Å². The van der Waals surface area contributed by atoms with Crippen molar-refractivity contribution >= 4 is 10.0 Å². The first-order valence-corrected chi connectivity index (χ1v) is 10.5. The van der Waals surface area contributed by atoms with E-state index in [1.165, 1.54) is 33.6 Å². The number of rotatable bonds is 3. The number of halogens is 1. The number of aryl methyl sites for hydroxylation is 2. The van der Waals surface area contributed by atoms with Crippen molar-refractivity contribution in [1.29, 1.82) is 0 Å². The van der Waals surface area contributed by atoms with Gasteiger partial charge < -0.3 is 0 Å². The van der Waals surface area contributed by atoms with Gasteiger partial charge in [-0.25, -0.2) is 12.8 Å². The Morgan fingerprint density at radius 3 is 2.50 bits per heavy atom. The molecule has 0 amide bonds. The molecule has 26 heavy (non-hydrogen) atoms. The first-order valence-electron chi connectivity index (χ1n) is 9.05. The van der Waals surface area contributed by atoms with Crippen molar-refractivity contribution in [2.24, 2.45) is 0 Å². The van der Waals surface area contributed by atoms with E-state index < -0.39 is 15.8 Å². The SMILES string of the molecule is Cc1cc(F)ccc1S(=O)(=O)N1CCN(C2CCc3ccccc32)CC1. The van der Waals surface area contributed by atoms with Gasteiger partial charge in [-0.1, -0.05) is 24.3 Å². The van der Waals surface area contributed by atoms with Crippen LogP contribution in [0.5, 0.6) is 0 Å². The summed E-state index contributed by atoms with van der Waals surface area (Å²) in [5.74, 6) is -0.411. The summed E-state index contributed by atoms with van der Waals surface area (Å²) in [7, 11) is -3.58. The molecule has 1 aliphatic carbocycles. The van der Waals surface area contributed by atoms with Crippen molar-refractivity contribution in [3.05, 3.63) is 65.0 Å². The molecule has 1 heterocycles. The summed E-state index contributed by atoms with van der Waals surface area (Å²) in [4.78, 5) is 2.61. The van der Waals surface area contributed by atoms with E-state index in [2.05, 4.69) is 29.2 Å². The van der Waals surface area contributed by atoms with Gasteiger partial charge in [0.1, 0.15) is 5.82 Å². The lowest BCUT2D eigenvalue weighted by Crippen LogP contribution is -2.49. The zero-order chi connectivity index (χ0) is 18.3. The molecular weight excluding hydrogens is 351 g/mol. The second kappa shape index (κ2) is 6.76. The summed E-state index contributed by atoms with van der Waals surface area (Å²) < 4.78 is 40.7. The third-order valence-corrected chi connectivity index (χ3v) is 7.63. The lowest BCUT2D eigenvalue weighted by atomic mass is 10.1. The fraction of sp³-hybridized carbons (Fsp3) is 0.400. The number of piperazine rings is 1. The standard InChI is InChI=1S/C20H23FN2O2S/c1-15-14-17(21)7-9-20(15)26(24,25)23-12-10-22(11-13-23)19-8-6-16-4-2-3-5-18(16)19/h2-5,7,9,14,19H,6,8,10-13H2,1H3. The summed E-state index contributed by atoms with van der Waals surface area (Å²) in [6.45, 7) is 4.02. The topological polar surface area (TPSA) is 40.6 Å². The molecule has 6 heteroatoms. The minimum absolute atomic E-state index is 0.207. The average Bonchev–Trinajstić information content (AvgIpc) is 3.05. The van der Waals surface area contributed by atoms with E-state index in [0.29, 0.717) is 24.7 Å². The first kappa shape index (κ1) is 17.6. The molecule has 0 radical (unpaired) electrons. The Bertz CT molecular complexity index is 921. The van der Waals surface area contributed by atoms with Gasteiger partial charge in [0.05, 0.1) is 4.90 Å². The van der Waals surface area contributed by atoms with E-state index >= 15 is 0 Å². The zero-order valence-electron chi connectivity index (χ0n) is 14.9. The smallest absolute Gasteiger partial charge is 0.243 e. The summed E-state index contributed by atoms with van der Waals surface area (Å²) in [6, 6.07) is 12.8. The molecule has 4 nitrogen and oxygen atoms in total. The van der Waals surface area contributed by atoms with E-state index in [9.17, 15) is 12.8 Å². The monoisotopic (exact) mass is 374 g/mol. The second-order valence-corrected chi connectivity index (χ2v) is 9.01. The molecule has 1 aliphatic heterocycles.